The van der Waals surface area contributed by atoms with Crippen molar-refractivity contribution in [2.24, 2.45) is 5.92 Å². The van der Waals surface area contributed by atoms with Gasteiger partial charge in [-0.2, -0.15) is 0 Å². The lowest BCUT2D eigenvalue weighted by Gasteiger charge is -2.30. The van der Waals surface area contributed by atoms with Crippen molar-refractivity contribution in [1.82, 2.24) is 0 Å². The number of nitrogens with one attached hydrogen (secondary N) is 1. The summed E-state index contributed by atoms with van der Waals surface area (Å²) in [6.07, 6.45) is 1.53. The van der Waals surface area contributed by atoms with Gasteiger partial charge < -0.3 is 14.8 Å². The number of carbonyl (C=O) groups excluding carboxylic acids is 1. The van der Waals surface area contributed by atoms with Crippen LogP contribution in [0.5, 0.6) is 5.75 Å². The van der Waals surface area contributed by atoms with E-state index in [-0.39, 0.29) is 5.91 Å². The maximum Gasteiger partial charge on any atom is 0.256 e. The Morgan fingerprint density at radius 3 is 2.59 bits per heavy atom. The van der Waals surface area contributed by atoms with Crippen LogP contribution in [-0.4, -0.2) is 25.2 Å². The first kappa shape index (κ1) is 18.8. The molecule has 0 heterocycles. The fraction of sp³-hybridized carbons (Fsp3) is 0.588. The topological polar surface area (TPSA) is 47.6 Å². The van der Waals surface area contributed by atoms with Gasteiger partial charge in [0.25, 0.3) is 5.91 Å². The SMILES string of the molecule is CCCO[C@@](C)(CC(C)C)C(=O)Nc1ccc(OC)c(Cl)c1. The van der Waals surface area contributed by atoms with Gasteiger partial charge in [-0.3, -0.25) is 4.79 Å². The molecule has 0 saturated heterocycles. The lowest BCUT2D eigenvalue weighted by molar-refractivity contribution is -0.141. The van der Waals surface area contributed by atoms with E-state index in [4.69, 9.17) is 21.1 Å². The number of anilines is 1. The van der Waals surface area contributed by atoms with Gasteiger partial charge in [-0.05, 0) is 43.9 Å². The molecule has 22 heavy (non-hydrogen) atoms. The third-order valence-corrected chi connectivity index (χ3v) is 3.61. The Balaban J connectivity index is 2.88. The fourth-order valence-corrected chi connectivity index (χ4v) is 2.59. The first-order valence-electron chi connectivity index (χ1n) is 7.61. The normalized spacial score (nSPS) is 13.8. The summed E-state index contributed by atoms with van der Waals surface area (Å²) in [7, 11) is 1.55. The lowest BCUT2D eigenvalue weighted by Crippen LogP contribution is -2.44. The molecule has 0 unspecified atom stereocenters. The minimum absolute atomic E-state index is 0.157. The standard InChI is InChI=1S/C17H26ClNO3/c1-6-9-22-17(4,11-12(2)3)16(20)19-13-7-8-15(21-5)14(18)10-13/h7-8,10,12H,6,9,11H2,1-5H3,(H,19,20)/t17-/m0/s1. The minimum atomic E-state index is -0.851. The molecule has 0 spiro atoms. The number of halogens is 1. The van der Waals surface area contributed by atoms with Crippen LogP contribution in [0.4, 0.5) is 5.69 Å². The van der Waals surface area contributed by atoms with Gasteiger partial charge in [-0.1, -0.05) is 32.4 Å². The summed E-state index contributed by atoms with van der Waals surface area (Å²) in [6.45, 7) is 8.57. The van der Waals surface area contributed by atoms with Crippen molar-refractivity contribution in [2.45, 2.75) is 46.1 Å². The van der Waals surface area contributed by atoms with E-state index in [0.717, 1.165) is 6.42 Å². The van der Waals surface area contributed by atoms with Crippen molar-refractivity contribution >= 4 is 23.2 Å². The van der Waals surface area contributed by atoms with Crippen LogP contribution in [0.3, 0.4) is 0 Å². The van der Waals surface area contributed by atoms with Gasteiger partial charge in [0.2, 0.25) is 0 Å². The Morgan fingerprint density at radius 1 is 1.41 bits per heavy atom. The maximum absolute atomic E-state index is 12.6. The van der Waals surface area contributed by atoms with Crippen LogP contribution in [0.15, 0.2) is 18.2 Å². The molecule has 4 nitrogen and oxygen atoms in total. The summed E-state index contributed by atoms with van der Waals surface area (Å²) in [6, 6.07) is 5.16. The van der Waals surface area contributed by atoms with Crippen LogP contribution in [0.2, 0.25) is 5.02 Å². The van der Waals surface area contributed by atoms with Crippen LogP contribution in [-0.2, 0) is 9.53 Å². The van der Waals surface area contributed by atoms with Crippen molar-refractivity contribution < 1.29 is 14.3 Å². The molecule has 1 aromatic rings. The number of ether oxygens (including phenoxy) is 2. The van der Waals surface area contributed by atoms with Crippen molar-refractivity contribution in [3.63, 3.8) is 0 Å². The highest BCUT2D eigenvalue weighted by molar-refractivity contribution is 6.32. The summed E-state index contributed by atoms with van der Waals surface area (Å²) >= 11 is 6.09. The smallest absolute Gasteiger partial charge is 0.256 e. The van der Waals surface area contributed by atoms with Crippen molar-refractivity contribution in [2.75, 3.05) is 19.0 Å². The highest BCUT2D eigenvalue weighted by atomic mass is 35.5. The van der Waals surface area contributed by atoms with Gasteiger partial charge in [0.1, 0.15) is 11.4 Å². The molecule has 0 aliphatic heterocycles. The molecule has 0 aliphatic rings. The molecule has 0 radical (unpaired) electrons. The molecule has 1 rings (SSSR count). The summed E-state index contributed by atoms with van der Waals surface area (Å²) in [5, 5.41) is 3.34. The molecule has 1 aromatic carbocycles. The molecule has 1 amide bonds. The molecule has 0 bridgehead atoms. The van der Waals surface area contributed by atoms with E-state index in [9.17, 15) is 4.79 Å². The minimum Gasteiger partial charge on any atom is -0.495 e. The van der Waals surface area contributed by atoms with Crippen LogP contribution in [0.1, 0.15) is 40.5 Å². The second-order valence-corrected chi connectivity index (χ2v) is 6.39. The van der Waals surface area contributed by atoms with E-state index < -0.39 is 5.60 Å². The second kappa shape index (κ2) is 8.39. The Kier molecular flexibility index (Phi) is 7.17. The lowest BCUT2D eigenvalue weighted by atomic mass is 9.93. The Labute approximate surface area is 138 Å². The third-order valence-electron chi connectivity index (χ3n) is 3.31. The highest BCUT2D eigenvalue weighted by Gasteiger charge is 2.35. The quantitative estimate of drug-likeness (QED) is 0.763. The van der Waals surface area contributed by atoms with Crippen molar-refractivity contribution in [3.8, 4) is 5.75 Å². The summed E-state index contributed by atoms with van der Waals surface area (Å²) in [4.78, 5) is 12.6. The van der Waals surface area contributed by atoms with Crippen LogP contribution in [0, 0.1) is 5.92 Å². The fourth-order valence-electron chi connectivity index (χ4n) is 2.33. The number of hydrogen-bond acceptors (Lipinski definition) is 3. The Bertz CT molecular complexity index is 505. The third kappa shape index (κ3) is 5.18. The van der Waals surface area contributed by atoms with E-state index in [2.05, 4.69) is 19.2 Å². The van der Waals surface area contributed by atoms with Crippen LogP contribution < -0.4 is 10.1 Å². The summed E-state index contributed by atoms with van der Waals surface area (Å²) in [5.74, 6) is 0.773. The van der Waals surface area contributed by atoms with E-state index in [1.54, 1.807) is 25.3 Å². The zero-order chi connectivity index (χ0) is 16.8. The van der Waals surface area contributed by atoms with Crippen LogP contribution >= 0.6 is 11.6 Å². The van der Waals surface area contributed by atoms with Crippen molar-refractivity contribution in [3.05, 3.63) is 23.2 Å². The Morgan fingerprint density at radius 2 is 2.09 bits per heavy atom. The number of amides is 1. The molecular weight excluding hydrogens is 302 g/mol. The number of benzene rings is 1. The molecular formula is C17H26ClNO3. The first-order valence-corrected chi connectivity index (χ1v) is 7.99. The molecule has 1 N–H and O–H groups in total. The number of hydrogen-bond donors (Lipinski definition) is 1. The van der Waals surface area contributed by atoms with Gasteiger partial charge in [0.15, 0.2) is 0 Å². The number of rotatable bonds is 8. The van der Waals surface area contributed by atoms with Crippen molar-refractivity contribution in [1.29, 1.82) is 0 Å². The molecule has 1 atom stereocenters. The molecule has 124 valence electrons. The molecule has 0 aromatic heterocycles. The van der Waals surface area contributed by atoms with E-state index in [1.807, 2.05) is 13.8 Å². The highest BCUT2D eigenvalue weighted by Crippen LogP contribution is 2.29. The van der Waals surface area contributed by atoms with E-state index in [1.165, 1.54) is 0 Å². The molecule has 0 fully saturated rings. The average molecular weight is 328 g/mol. The number of carbonyl (C=O) groups is 1. The zero-order valence-electron chi connectivity index (χ0n) is 14.0. The monoisotopic (exact) mass is 327 g/mol. The molecule has 0 aliphatic carbocycles. The summed E-state index contributed by atoms with van der Waals surface area (Å²) in [5.41, 5.74) is -0.220. The van der Waals surface area contributed by atoms with E-state index >= 15 is 0 Å². The predicted octanol–water partition coefficient (Wildman–Crippen LogP) is 4.52. The second-order valence-electron chi connectivity index (χ2n) is 5.98. The summed E-state index contributed by atoms with van der Waals surface area (Å²) < 4.78 is 10.9. The van der Waals surface area contributed by atoms with Gasteiger partial charge in [-0.25, -0.2) is 0 Å². The van der Waals surface area contributed by atoms with Crippen LogP contribution in [0.25, 0.3) is 0 Å². The Hall–Kier alpha value is -1.26. The molecule has 0 saturated carbocycles. The first-order chi connectivity index (χ1) is 10.3. The van der Waals surface area contributed by atoms with Gasteiger partial charge in [0.05, 0.1) is 12.1 Å². The van der Waals surface area contributed by atoms with Gasteiger partial charge in [-0.15, -0.1) is 0 Å². The average Bonchev–Trinajstić information content (AvgIpc) is 2.44. The largest absolute Gasteiger partial charge is 0.495 e. The maximum atomic E-state index is 12.6. The number of methoxy groups -OCH3 is 1. The van der Waals surface area contributed by atoms with Gasteiger partial charge in [0, 0.05) is 12.3 Å². The predicted molar refractivity (Wildman–Crippen MR) is 90.7 cm³/mol. The van der Waals surface area contributed by atoms with Gasteiger partial charge >= 0.3 is 0 Å². The zero-order valence-corrected chi connectivity index (χ0v) is 14.8. The van der Waals surface area contributed by atoms with E-state index in [0.29, 0.717) is 35.4 Å². The molecule has 5 heteroatoms.